The lowest BCUT2D eigenvalue weighted by atomic mass is 10.0. The highest BCUT2D eigenvalue weighted by Gasteiger charge is 2.18. The van der Waals surface area contributed by atoms with Crippen molar-refractivity contribution in [3.63, 3.8) is 0 Å². The van der Waals surface area contributed by atoms with E-state index >= 15 is 0 Å². The van der Waals surface area contributed by atoms with E-state index < -0.39 is 0 Å². The number of pyridine rings is 1. The number of nitrogens with zero attached hydrogens (tertiary/aromatic N) is 3. The van der Waals surface area contributed by atoms with Crippen LogP contribution in [0.3, 0.4) is 0 Å². The summed E-state index contributed by atoms with van der Waals surface area (Å²) in [6, 6.07) is 20.1. The summed E-state index contributed by atoms with van der Waals surface area (Å²) in [5.74, 6) is 1.97. The number of benzene rings is 3. The Bertz CT molecular complexity index is 1630. The van der Waals surface area contributed by atoms with Crippen LogP contribution in [0.25, 0.3) is 10.9 Å². The molecule has 8 heteroatoms. The van der Waals surface area contributed by atoms with Gasteiger partial charge < -0.3 is 14.2 Å². The summed E-state index contributed by atoms with van der Waals surface area (Å²) >= 11 is 0. The smallest absolute Gasteiger partial charge is 0.231 e. The van der Waals surface area contributed by atoms with E-state index in [0.717, 1.165) is 10.9 Å². The molecule has 0 radical (unpaired) electrons. The van der Waals surface area contributed by atoms with E-state index in [-0.39, 0.29) is 11.7 Å². The zero-order chi connectivity index (χ0) is 27.9. The third-order valence-electron chi connectivity index (χ3n) is 6.46. The van der Waals surface area contributed by atoms with Gasteiger partial charge >= 0.3 is 0 Å². The first-order valence-electron chi connectivity index (χ1n) is 13.0. The van der Waals surface area contributed by atoms with Gasteiger partial charge in [0.2, 0.25) is 5.91 Å². The van der Waals surface area contributed by atoms with Crippen molar-refractivity contribution in [1.82, 2.24) is 14.5 Å². The average molecular weight is 536 g/mol. The van der Waals surface area contributed by atoms with Crippen molar-refractivity contribution in [1.29, 1.82) is 0 Å². The lowest BCUT2D eigenvalue weighted by molar-refractivity contribution is 0.0897. The van der Waals surface area contributed by atoms with Crippen LogP contribution < -0.4 is 14.2 Å². The molecule has 0 atom stereocenters. The van der Waals surface area contributed by atoms with E-state index in [2.05, 4.69) is 9.97 Å². The van der Waals surface area contributed by atoms with Gasteiger partial charge in [0.1, 0.15) is 17.8 Å². The van der Waals surface area contributed by atoms with Crippen molar-refractivity contribution in [3.05, 3.63) is 108 Å². The fourth-order valence-corrected chi connectivity index (χ4v) is 4.36. The minimum atomic E-state index is -0.113. The van der Waals surface area contributed by atoms with Crippen molar-refractivity contribution in [3.8, 4) is 23.0 Å². The Balaban J connectivity index is 1.33. The van der Waals surface area contributed by atoms with Crippen LogP contribution in [0.1, 0.15) is 45.5 Å². The number of ether oxygens (including phenoxy) is 3. The molecule has 0 amide bonds. The highest BCUT2D eigenvalue weighted by Crippen LogP contribution is 2.38. The molecule has 0 saturated heterocycles. The van der Waals surface area contributed by atoms with Gasteiger partial charge in [-0.25, -0.2) is 4.98 Å². The van der Waals surface area contributed by atoms with Crippen LogP contribution in [0.5, 0.6) is 23.0 Å². The van der Waals surface area contributed by atoms with E-state index in [1.54, 1.807) is 43.9 Å². The molecule has 5 rings (SSSR count). The predicted molar refractivity (Wildman–Crippen MR) is 152 cm³/mol. The van der Waals surface area contributed by atoms with Crippen LogP contribution in [-0.2, 0) is 0 Å². The summed E-state index contributed by atoms with van der Waals surface area (Å²) in [7, 11) is 1.57. The lowest BCUT2D eigenvalue weighted by Gasteiger charge is -2.15. The van der Waals surface area contributed by atoms with Crippen molar-refractivity contribution >= 4 is 22.6 Å². The lowest BCUT2D eigenvalue weighted by Crippen LogP contribution is -2.08. The number of ketones is 1. The molecule has 0 aliphatic carbocycles. The molecule has 8 nitrogen and oxygen atoms in total. The maximum absolute atomic E-state index is 13.3. The standard InChI is InChI=1S/C32H29N3O5/c1-22-11-12-27(25(18-22)32(37)23-8-4-3-5-9-23)40-28-13-14-34-26-20-30(29(38-2)19-24(26)28)39-17-7-6-10-31(36)35-16-15-33-21-35/h3-5,8-9,11-16,18-21H,6-7,10,17H2,1-2H3. The number of aryl methyl sites for hydroxylation is 1. The van der Waals surface area contributed by atoms with E-state index in [1.165, 1.54) is 10.9 Å². The highest BCUT2D eigenvalue weighted by atomic mass is 16.5. The Hall–Kier alpha value is -4.98. The van der Waals surface area contributed by atoms with Gasteiger partial charge in [-0.3, -0.25) is 19.1 Å². The van der Waals surface area contributed by atoms with Gasteiger partial charge in [0.15, 0.2) is 17.3 Å². The van der Waals surface area contributed by atoms with Crippen LogP contribution in [0.15, 0.2) is 91.6 Å². The molecule has 0 aliphatic rings. The van der Waals surface area contributed by atoms with Gasteiger partial charge in [-0.15, -0.1) is 0 Å². The number of fused-ring (bicyclic) bond motifs is 1. The molecule has 0 unspecified atom stereocenters. The molecule has 40 heavy (non-hydrogen) atoms. The molecule has 0 N–H and O–H groups in total. The van der Waals surface area contributed by atoms with Gasteiger partial charge in [0, 0.05) is 42.0 Å². The van der Waals surface area contributed by atoms with Crippen molar-refractivity contribution in [2.45, 2.75) is 26.2 Å². The molecule has 202 valence electrons. The van der Waals surface area contributed by atoms with Gasteiger partial charge in [-0.1, -0.05) is 42.0 Å². The minimum Gasteiger partial charge on any atom is -0.493 e. The summed E-state index contributed by atoms with van der Waals surface area (Å²) in [5, 5.41) is 0.719. The second kappa shape index (κ2) is 12.3. The Kier molecular flexibility index (Phi) is 8.15. The van der Waals surface area contributed by atoms with Crippen LogP contribution in [0, 0.1) is 6.92 Å². The number of aromatic nitrogens is 3. The summed E-state index contributed by atoms with van der Waals surface area (Å²) in [6.07, 6.45) is 8.18. The third kappa shape index (κ3) is 6.02. The number of carbonyl (C=O) groups is 2. The molecule has 2 heterocycles. The van der Waals surface area contributed by atoms with E-state index in [4.69, 9.17) is 14.2 Å². The van der Waals surface area contributed by atoms with Gasteiger partial charge in [0.05, 0.1) is 24.8 Å². The average Bonchev–Trinajstić information content (AvgIpc) is 3.53. The molecule has 3 aromatic carbocycles. The second-order valence-corrected chi connectivity index (χ2v) is 9.30. The molecule has 0 bridgehead atoms. The van der Waals surface area contributed by atoms with Gasteiger partial charge in [0.25, 0.3) is 0 Å². The van der Waals surface area contributed by atoms with Crippen LogP contribution in [-0.4, -0.2) is 39.9 Å². The van der Waals surface area contributed by atoms with Crippen LogP contribution in [0.4, 0.5) is 0 Å². The molecule has 0 aliphatic heterocycles. The number of unbranched alkanes of at least 4 members (excludes halogenated alkanes) is 1. The van der Waals surface area contributed by atoms with Crippen LogP contribution >= 0.6 is 0 Å². The zero-order valence-electron chi connectivity index (χ0n) is 22.4. The second-order valence-electron chi connectivity index (χ2n) is 9.30. The topological polar surface area (TPSA) is 92.5 Å². The first-order valence-corrected chi connectivity index (χ1v) is 13.0. The largest absolute Gasteiger partial charge is 0.493 e. The normalized spacial score (nSPS) is 10.8. The highest BCUT2D eigenvalue weighted by molar-refractivity contribution is 6.11. The SMILES string of the molecule is COc1cc2c(Oc3ccc(C)cc3C(=O)c3ccccc3)ccnc2cc1OCCCCC(=O)n1ccnc1. The predicted octanol–water partition coefficient (Wildman–Crippen LogP) is 6.66. The fourth-order valence-electron chi connectivity index (χ4n) is 4.36. The number of imidazole rings is 1. The summed E-state index contributed by atoms with van der Waals surface area (Å²) < 4.78 is 19.4. The minimum absolute atomic E-state index is 0.000261. The molecular weight excluding hydrogens is 506 g/mol. The fraction of sp³-hybridized carbons (Fsp3) is 0.188. The monoisotopic (exact) mass is 535 g/mol. The van der Waals surface area contributed by atoms with E-state index in [9.17, 15) is 9.59 Å². The van der Waals surface area contributed by atoms with Crippen molar-refractivity contribution in [2.75, 3.05) is 13.7 Å². The van der Waals surface area contributed by atoms with Gasteiger partial charge in [-0.05, 0) is 44.0 Å². The van der Waals surface area contributed by atoms with E-state index in [1.807, 2.05) is 55.5 Å². The maximum Gasteiger partial charge on any atom is 0.231 e. The molecule has 0 spiro atoms. The number of rotatable bonds is 11. The molecule has 5 aromatic rings. The molecule has 0 saturated carbocycles. The van der Waals surface area contributed by atoms with E-state index in [0.29, 0.717) is 65.5 Å². The number of methoxy groups -OCH3 is 1. The summed E-state index contributed by atoms with van der Waals surface area (Å²) in [4.78, 5) is 33.8. The zero-order valence-corrected chi connectivity index (χ0v) is 22.4. The Labute approximate surface area is 232 Å². The van der Waals surface area contributed by atoms with Crippen molar-refractivity contribution in [2.24, 2.45) is 0 Å². The summed E-state index contributed by atoms with van der Waals surface area (Å²) in [6.45, 7) is 2.36. The van der Waals surface area contributed by atoms with Crippen molar-refractivity contribution < 1.29 is 23.8 Å². The first-order chi connectivity index (χ1) is 19.5. The Morgan fingerprint density at radius 2 is 1.73 bits per heavy atom. The Morgan fingerprint density at radius 3 is 2.50 bits per heavy atom. The van der Waals surface area contributed by atoms with Crippen LogP contribution in [0.2, 0.25) is 0 Å². The van der Waals surface area contributed by atoms with Gasteiger partial charge in [-0.2, -0.15) is 0 Å². The maximum atomic E-state index is 13.3. The molecular formula is C32H29N3O5. The molecule has 0 fully saturated rings. The number of hydrogen-bond donors (Lipinski definition) is 0. The number of hydrogen-bond acceptors (Lipinski definition) is 7. The first kappa shape index (κ1) is 26.6. The third-order valence-corrected chi connectivity index (χ3v) is 6.46. The summed E-state index contributed by atoms with van der Waals surface area (Å²) in [5.41, 5.74) is 2.69. The Morgan fingerprint density at radius 1 is 0.875 bits per heavy atom. The number of carbonyl (C=O) groups excluding carboxylic acids is 2. The quantitative estimate of drug-likeness (QED) is 0.138. The molecule has 2 aromatic heterocycles.